The number of hydrogen-bond donors (Lipinski definition) is 7. The van der Waals surface area contributed by atoms with E-state index in [9.17, 15) is 14.4 Å². The van der Waals surface area contributed by atoms with E-state index in [1.807, 2.05) is 0 Å². The molecule has 0 spiro atoms. The standard InChI is InChI=1S/C6H8O7.3CHNO/c7-3(8)1-6(13,5(11)12)2-4(9)10;3*2-1-3/h13H,1-2H2,(H,7,8)(H,9,10)(H,11,12);3*2H. The molecule has 0 saturated heterocycles. The van der Waals surface area contributed by atoms with Gasteiger partial charge in [0.2, 0.25) is 18.2 Å². The zero-order valence-corrected chi connectivity index (χ0v) is 10.7. The third-order valence-electron chi connectivity index (χ3n) is 1.29. The summed E-state index contributed by atoms with van der Waals surface area (Å²) in [5.74, 6) is -5.02. The second-order valence-corrected chi connectivity index (χ2v) is 2.78. The summed E-state index contributed by atoms with van der Waals surface area (Å²) in [6, 6.07) is 0. The molecule has 0 atom stereocenters. The van der Waals surface area contributed by atoms with Crippen LogP contribution in [0.2, 0.25) is 0 Å². The number of aliphatic carboxylic acids is 3. The van der Waals surface area contributed by atoms with Gasteiger partial charge in [-0.15, -0.1) is 0 Å². The molecule has 7 N–H and O–H groups in total. The van der Waals surface area contributed by atoms with Crippen molar-refractivity contribution >= 4 is 36.1 Å². The average molecular weight is 321 g/mol. The van der Waals surface area contributed by atoms with E-state index in [2.05, 4.69) is 0 Å². The van der Waals surface area contributed by atoms with E-state index in [4.69, 9.17) is 51.0 Å². The van der Waals surface area contributed by atoms with Crippen molar-refractivity contribution in [2.45, 2.75) is 18.4 Å². The van der Waals surface area contributed by atoms with Gasteiger partial charge in [0.05, 0.1) is 12.8 Å². The minimum Gasteiger partial charge on any atom is -0.481 e. The first-order chi connectivity index (χ1) is 10.0. The Morgan fingerprint density at radius 1 is 0.773 bits per heavy atom. The minimum atomic E-state index is -2.74. The van der Waals surface area contributed by atoms with Gasteiger partial charge in [0, 0.05) is 0 Å². The maximum atomic E-state index is 10.3. The molecule has 0 saturated carbocycles. The molecule has 0 radical (unpaired) electrons. The van der Waals surface area contributed by atoms with Gasteiger partial charge in [0.1, 0.15) is 0 Å². The van der Waals surface area contributed by atoms with Crippen molar-refractivity contribution in [2.24, 2.45) is 0 Å². The SMILES string of the molecule is N=C=O.N=C=O.N=C=O.O=C(O)CC(O)(CC(=O)O)C(=O)O. The molecular weight excluding hydrogens is 310 g/mol. The third-order valence-corrected chi connectivity index (χ3v) is 1.29. The number of carbonyl (C=O) groups excluding carboxylic acids is 3. The Kier molecular flexibility index (Phi) is 21.5. The Morgan fingerprint density at radius 2 is 0.955 bits per heavy atom. The van der Waals surface area contributed by atoms with Crippen LogP contribution in [-0.2, 0) is 28.8 Å². The Balaban J connectivity index is -0.000000148. The Hall–Kier alpha value is -3.49. The molecule has 0 rings (SSSR count). The predicted molar refractivity (Wildman–Crippen MR) is 62.3 cm³/mol. The molecule has 13 heteroatoms. The lowest BCUT2D eigenvalue weighted by molar-refractivity contribution is -0.170. The summed E-state index contributed by atoms with van der Waals surface area (Å²) >= 11 is 0. The van der Waals surface area contributed by atoms with Gasteiger partial charge in [-0.2, -0.15) is 0 Å². The van der Waals surface area contributed by atoms with Crippen LogP contribution in [0, 0.1) is 16.2 Å². The van der Waals surface area contributed by atoms with Crippen LogP contribution < -0.4 is 0 Å². The monoisotopic (exact) mass is 321 g/mol. The molecular formula is C9H11N3O10. The van der Waals surface area contributed by atoms with E-state index in [1.165, 1.54) is 0 Å². The Morgan fingerprint density at radius 3 is 1.05 bits per heavy atom. The Labute approximate surface area is 121 Å². The molecule has 22 heavy (non-hydrogen) atoms. The molecule has 0 aromatic heterocycles. The summed E-state index contributed by atoms with van der Waals surface area (Å²) in [7, 11) is 0. The first kappa shape index (κ1) is 27.0. The first-order valence-electron chi connectivity index (χ1n) is 4.53. The van der Waals surface area contributed by atoms with Crippen LogP contribution in [0.25, 0.3) is 0 Å². The maximum Gasteiger partial charge on any atom is 0.336 e. The van der Waals surface area contributed by atoms with Crippen LogP contribution in [0.5, 0.6) is 0 Å². The van der Waals surface area contributed by atoms with Gasteiger partial charge < -0.3 is 20.4 Å². The highest BCUT2D eigenvalue weighted by Crippen LogP contribution is 2.15. The van der Waals surface area contributed by atoms with Crippen LogP contribution in [0.3, 0.4) is 0 Å². The van der Waals surface area contributed by atoms with Gasteiger partial charge in [-0.25, -0.2) is 35.4 Å². The molecule has 122 valence electrons. The van der Waals surface area contributed by atoms with E-state index in [-0.39, 0.29) is 0 Å². The van der Waals surface area contributed by atoms with Crippen molar-refractivity contribution in [3.63, 3.8) is 0 Å². The van der Waals surface area contributed by atoms with E-state index in [0.29, 0.717) is 0 Å². The van der Waals surface area contributed by atoms with Crippen LogP contribution in [0.1, 0.15) is 12.8 Å². The van der Waals surface area contributed by atoms with Crippen LogP contribution in [-0.4, -0.2) is 62.2 Å². The summed E-state index contributed by atoms with van der Waals surface area (Å²) in [6.45, 7) is 0. The number of carboxylic acids is 3. The van der Waals surface area contributed by atoms with E-state index in [1.54, 1.807) is 0 Å². The fourth-order valence-electron chi connectivity index (χ4n) is 0.714. The van der Waals surface area contributed by atoms with Crippen molar-refractivity contribution in [2.75, 3.05) is 0 Å². The minimum absolute atomic E-state index is 0.750. The molecule has 0 unspecified atom stereocenters. The van der Waals surface area contributed by atoms with Crippen molar-refractivity contribution in [1.82, 2.24) is 0 Å². The summed E-state index contributed by atoms with van der Waals surface area (Å²) in [5.41, 5.74) is -2.74. The van der Waals surface area contributed by atoms with Gasteiger partial charge in [-0.05, 0) is 0 Å². The van der Waals surface area contributed by atoms with Crippen molar-refractivity contribution in [3.05, 3.63) is 0 Å². The molecule has 13 nitrogen and oxygen atoms in total. The maximum absolute atomic E-state index is 10.3. The molecule has 0 aliphatic heterocycles. The lowest BCUT2D eigenvalue weighted by Gasteiger charge is -2.18. The molecule has 0 aromatic rings. The molecule has 0 aliphatic rings. The van der Waals surface area contributed by atoms with E-state index in [0.717, 1.165) is 18.2 Å². The highest BCUT2D eigenvalue weighted by atomic mass is 16.4. The summed E-state index contributed by atoms with van der Waals surface area (Å²) in [5, 5.41) is 50.0. The second-order valence-electron chi connectivity index (χ2n) is 2.78. The van der Waals surface area contributed by atoms with Crippen molar-refractivity contribution in [1.29, 1.82) is 16.2 Å². The highest BCUT2D eigenvalue weighted by Gasteiger charge is 2.40. The number of hydrogen-bond acceptors (Lipinski definition) is 10. The lowest BCUT2D eigenvalue weighted by atomic mass is 9.96. The highest BCUT2D eigenvalue weighted by molar-refractivity contribution is 5.88. The zero-order valence-electron chi connectivity index (χ0n) is 10.7. The van der Waals surface area contributed by atoms with Crippen molar-refractivity contribution < 1.29 is 49.2 Å². The lowest BCUT2D eigenvalue weighted by Crippen LogP contribution is -2.42. The summed E-state index contributed by atoms with van der Waals surface area (Å²) < 4.78 is 0. The number of carbonyl (C=O) groups is 3. The first-order valence-corrected chi connectivity index (χ1v) is 4.53. The number of nitrogens with one attached hydrogen (secondary N) is 3. The Bertz CT molecular complexity index is 424. The molecule has 0 heterocycles. The third kappa shape index (κ3) is 25.4. The van der Waals surface area contributed by atoms with Gasteiger partial charge in [-0.1, -0.05) is 0 Å². The fraction of sp³-hybridized carbons (Fsp3) is 0.333. The zero-order chi connectivity index (χ0) is 18.8. The molecule has 0 bridgehead atoms. The van der Waals surface area contributed by atoms with Crippen LogP contribution in [0.15, 0.2) is 0 Å². The van der Waals surface area contributed by atoms with Crippen LogP contribution in [0.4, 0.5) is 0 Å². The smallest absolute Gasteiger partial charge is 0.336 e. The van der Waals surface area contributed by atoms with E-state index >= 15 is 0 Å². The normalized spacial score (nSPS) is 7.50. The topological polar surface area (TPSA) is 255 Å². The number of aliphatic hydroxyl groups is 1. The molecule has 0 fully saturated rings. The largest absolute Gasteiger partial charge is 0.481 e. The fourth-order valence-corrected chi connectivity index (χ4v) is 0.714. The molecule has 0 amide bonds. The average Bonchev–Trinajstić information content (AvgIpc) is 2.29. The predicted octanol–water partition coefficient (Wildman–Crippen LogP) is -1.55. The van der Waals surface area contributed by atoms with Crippen molar-refractivity contribution in [3.8, 4) is 0 Å². The quantitative estimate of drug-likeness (QED) is 0.226. The number of isocyanates is 3. The summed E-state index contributed by atoms with van der Waals surface area (Å²) in [6.07, 6.45) is -0.0384. The van der Waals surface area contributed by atoms with Gasteiger partial charge in [0.25, 0.3) is 0 Å². The van der Waals surface area contributed by atoms with Gasteiger partial charge in [-0.3, -0.25) is 9.59 Å². The van der Waals surface area contributed by atoms with Crippen LogP contribution >= 0.6 is 0 Å². The second kappa shape index (κ2) is 17.5. The van der Waals surface area contributed by atoms with Gasteiger partial charge in [0.15, 0.2) is 5.60 Å². The number of carboxylic acid groups (broad SMARTS) is 3. The van der Waals surface area contributed by atoms with Gasteiger partial charge >= 0.3 is 17.9 Å². The number of rotatable bonds is 5. The molecule has 0 aliphatic carbocycles. The summed E-state index contributed by atoms with van der Waals surface area (Å²) in [4.78, 5) is 55.5. The molecule has 0 aromatic carbocycles. The van der Waals surface area contributed by atoms with E-state index < -0.39 is 36.4 Å².